The summed E-state index contributed by atoms with van der Waals surface area (Å²) < 4.78 is 1.29. The summed E-state index contributed by atoms with van der Waals surface area (Å²) >= 11 is 0. The van der Waals surface area contributed by atoms with Crippen molar-refractivity contribution in [1.82, 2.24) is 4.57 Å². The maximum absolute atomic E-state index is 12.6. The molecule has 0 bridgehead atoms. The van der Waals surface area contributed by atoms with Crippen molar-refractivity contribution in [3.8, 4) is 11.9 Å². The lowest BCUT2D eigenvalue weighted by atomic mass is 9.92. The number of carbonyl (C=O) groups is 1. The highest BCUT2D eigenvalue weighted by Gasteiger charge is 2.28. The third kappa shape index (κ3) is 3.31. The highest BCUT2D eigenvalue weighted by molar-refractivity contribution is 6.00. The van der Waals surface area contributed by atoms with Crippen LogP contribution in [-0.4, -0.2) is 15.5 Å². The molecule has 1 aliphatic rings. The number of carbonyl (C=O) groups excluding carboxylic acids is 1. The minimum absolute atomic E-state index is 0.0273. The summed E-state index contributed by atoms with van der Waals surface area (Å²) in [4.78, 5) is 25.1. The lowest BCUT2D eigenvalue weighted by Gasteiger charge is -2.26. The molecular weight excluding hydrogens is 292 g/mol. The van der Waals surface area contributed by atoms with Gasteiger partial charge in [-0.2, -0.15) is 5.26 Å². The molecule has 0 spiro atoms. The Labute approximate surface area is 136 Å². The number of rotatable bonds is 4. The molecule has 0 radical (unpaired) electrons. The predicted molar refractivity (Wildman–Crippen MR) is 87.7 cm³/mol. The molecule has 1 saturated carbocycles. The topological polar surface area (TPSA) is 83.1 Å². The zero-order valence-electron chi connectivity index (χ0n) is 14.1. The lowest BCUT2D eigenvalue weighted by molar-refractivity contribution is 0.0962. The molecule has 1 aliphatic carbocycles. The van der Waals surface area contributed by atoms with Gasteiger partial charge in [0.25, 0.3) is 5.56 Å². The van der Waals surface area contributed by atoms with Crippen molar-refractivity contribution in [3.63, 3.8) is 0 Å². The monoisotopic (exact) mass is 316 g/mol. The average molecular weight is 316 g/mol. The van der Waals surface area contributed by atoms with Crippen LogP contribution in [0.15, 0.2) is 4.79 Å². The van der Waals surface area contributed by atoms with Crippen molar-refractivity contribution in [2.45, 2.75) is 65.3 Å². The quantitative estimate of drug-likeness (QED) is 0.862. The Morgan fingerprint density at radius 1 is 1.35 bits per heavy atom. The second-order valence-corrected chi connectivity index (χ2v) is 6.80. The number of aromatic nitrogens is 1. The van der Waals surface area contributed by atoms with Gasteiger partial charge in [0.05, 0.1) is 5.56 Å². The van der Waals surface area contributed by atoms with Crippen molar-refractivity contribution < 1.29 is 9.90 Å². The Morgan fingerprint density at radius 2 is 1.96 bits per heavy atom. The maximum atomic E-state index is 12.6. The number of aromatic hydroxyl groups is 1. The number of nitriles is 1. The summed E-state index contributed by atoms with van der Waals surface area (Å²) in [5.74, 6) is -0.331. The fourth-order valence-electron chi connectivity index (χ4n) is 3.41. The Kier molecular flexibility index (Phi) is 5.25. The van der Waals surface area contributed by atoms with Crippen LogP contribution in [0.25, 0.3) is 0 Å². The number of hydrogen-bond acceptors (Lipinski definition) is 4. The van der Waals surface area contributed by atoms with Crippen molar-refractivity contribution in [2.75, 3.05) is 0 Å². The van der Waals surface area contributed by atoms with E-state index in [-0.39, 0.29) is 41.2 Å². The van der Waals surface area contributed by atoms with Crippen LogP contribution >= 0.6 is 0 Å². The molecule has 5 heteroatoms. The van der Waals surface area contributed by atoms with Gasteiger partial charge in [-0.15, -0.1) is 0 Å². The molecule has 23 heavy (non-hydrogen) atoms. The first-order valence-corrected chi connectivity index (χ1v) is 8.29. The summed E-state index contributed by atoms with van der Waals surface area (Å²) in [5.41, 5.74) is -0.0656. The molecule has 0 atom stereocenters. The minimum atomic E-state index is -0.476. The van der Waals surface area contributed by atoms with Crippen molar-refractivity contribution in [1.29, 1.82) is 5.26 Å². The minimum Gasteiger partial charge on any atom is -0.494 e. The number of nitrogens with zero attached hydrogens (tertiary/aromatic N) is 2. The first-order chi connectivity index (χ1) is 10.9. The zero-order valence-corrected chi connectivity index (χ0v) is 14.1. The van der Waals surface area contributed by atoms with Crippen LogP contribution in [0.2, 0.25) is 0 Å². The van der Waals surface area contributed by atoms with E-state index in [1.54, 1.807) is 6.92 Å². The van der Waals surface area contributed by atoms with Gasteiger partial charge >= 0.3 is 0 Å². The van der Waals surface area contributed by atoms with Gasteiger partial charge in [0.15, 0.2) is 5.78 Å². The van der Waals surface area contributed by atoms with Crippen LogP contribution in [-0.2, 0) is 0 Å². The number of ketones is 1. The van der Waals surface area contributed by atoms with Crippen LogP contribution in [0, 0.1) is 24.2 Å². The van der Waals surface area contributed by atoms with Crippen molar-refractivity contribution >= 4 is 5.78 Å². The normalized spacial score (nSPS) is 15.6. The highest BCUT2D eigenvalue weighted by Crippen LogP contribution is 2.33. The zero-order chi connectivity index (χ0) is 17.1. The van der Waals surface area contributed by atoms with Crippen molar-refractivity contribution in [3.05, 3.63) is 27.0 Å². The molecular formula is C18H24N2O3. The standard InChI is InChI=1S/C18H24N2O3/c1-11(2)9-15(21)16-12(3)14(10-19)17(22)20(18(16)23)13-7-5-4-6-8-13/h11,13,23H,4-9H2,1-3H3. The molecule has 1 aromatic rings. The molecule has 0 aliphatic heterocycles. The van der Waals surface area contributed by atoms with Gasteiger partial charge in [0, 0.05) is 12.5 Å². The maximum Gasteiger partial charge on any atom is 0.271 e. The molecule has 2 rings (SSSR count). The number of hydrogen-bond donors (Lipinski definition) is 1. The van der Waals surface area contributed by atoms with E-state index in [2.05, 4.69) is 0 Å². The van der Waals surface area contributed by atoms with Gasteiger partial charge in [-0.25, -0.2) is 0 Å². The summed E-state index contributed by atoms with van der Waals surface area (Å²) in [5, 5.41) is 20.0. The fourth-order valence-corrected chi connectivity index (χ4v) is 3.41. The van der Waals surface area contributed by atoms with E-state index in [0.29, 0.717) is 5.56 Å². The first-order valence-electron chi connectivity index (χ1n) is 8.29. The third-order valence-electron chi connectivity index (χ3n) is 4.56. The molecule has 124 valence electrons. The Bertz CT molecular complexity index is 704. The molecule has 0 amide bonds. The van der Waals surface area contributed by atoms with Crippen LogP contribution in [0.3, 0.4) is 0 Å². The lowest BCUT2D eigenvalue weighted by Crippen LogP contribution is -2.31. The number of pyridine rings is 1. The summed E-state index contributed by atoms with van der Waals surface area (Å²) in [6.07, 6.45) is 4.95. The van der Waals surface area contributed by atoms with Crippen LogP contribution < -0.4 is 5.56 Å². The molecule has 1 aromatic heterocycles. The van der Waals surface area contributed by atoms with E-state index in [9.17, 15) is 20.0 Å². The van der Waals surface area contributed by atoms with E-state index in [1.165, 1.54) is 4.57 Å². The smallest absolute Gasteiger partial charge is 0.271 e. The van der Waals surface area contributed by atoms with Gasteiger partial charge < -0.3 is 5.11 Å². The van der Waals surface area contributed by atoms with E-state index in [4.69, 9.17) is 0 Å². The Balaban J connectivity index is 2.65. The summed E-state index contributed by atoms with van der Waals surface area (Å²) in [7, 11) is 0. The van der Waals surface area contributed by atoms with Gasteiger partial charge in [0.2, 0.25) is 5.88 Å². The second-order valence-electron chi connectivity index (χ2n) is 6.80. The second kappa shape index (κ2) is 6.99. The largest absolute Gasteiger partial charge is 0.494 e. The van der Waals surface area contributed by atoms with E-state index in [0.717, 1.165) is 32.1 Å². The fraction of sp³-hybridized carbons (Fsp3) is 0.611. The average Bonchev–Trinajstić information content (AvgIpc) is 2.47. The van der Waals surface area contributed by atoms with E-state index in [1.807, 2.05) is 19.9 Å². The molecule has 0 unspecified atom stereocenters. The van der Waals surface area contributed by atoms with E-state index < -0.39 is 5.56 Å². The molecule has 1 N–H and O–H groups in total. The SMILES string of the molecule is Cc1c(C(=O)CC(C)C)c(O)n(C2CCCCC2)c(=O)c1C#N. The first kappa shape index (κ1) is 17.3. The van der Waals surface area contributed by atoms with Crippen LogP contribution in [0.5, 0.6) is 5.88 Å². The summed E-state index contributed by atoms with van der Waals surface area (Å²) in [6.45, 7) is 5.41. The van der Waals surface area contributed by atoms with Gasteiger partial charge in [-0.1, -0.05) is 33.1 Å². The molecule has 0 aromatic carbocycles. The van der Waals surface area contributed by atoms with E-state index >= 15 is 0 Å². The van der Waals surface area contributed by atoms with Gasteiger partial charge in [0.1, 0.15) is 11.6 Å². The summed E-state index contributed by atoms with van der Waals surface area (Å²) in [6, 6.07) is 1.79. The third-order valence-corrected chi connectivity index (χ3v) is 4.56. The molecule has 5 nitrogen and oxygen atoms in total. The van der Waals surface area contributed by atoms with Crippen LogP contribution in [0.1, 0.15) is 79.9 Å². The molecule has 0 saturated heterocycles. The predicted octanol–water partition coefficient (Wildman–Crippen LogP) is 3.47. The Morgan fingerprint density at radius 3 is 2.48 bits per heavy atom. The van der Waals surface area contributed by atoms with Gasteiger partial charge in [-0.3, -0.25) is 14.2 Å². The van der Waals surface area contributed by atoms with Gasteiger partial charge in [-0.05, 0) is 31.2 Å². The number of Topliss-reactive ketones (excluding diaryl/α,β-unsaturated/α-hetero) is 1. The van der Waals surface area contributed by atoms with Crippen LogP contribution in [0.4, 0.5) is 0 Å². The molecule has 1 fully saturated rings. The highest BCUT2D eigenvalue weighted by atomic mass is 16.3. The van der Waals surface area contributed by atoms with Crippen molar-refractivity contribution in [2.24, 2.45) is 5.92 Å². The molecule has 1 heterocycles. The Hall–Kier alpha value is -2.09.